The minimum Gasteiger partial charge on any atom is -0.493 e. The van der Waals surface area contributed by atoms with E-state index in [1.165, 1.54) is 11.1 Å². The van der Waals surface area contributed by atoms with E-state index in [-0.39, 0.29) is 0 Å². The summed E-state index contributed by atoms with van der Waals surface area (Å²) in [6.45, 7) is 7.00. The van der Waals surface area contributed by atoms with Crippen molar-refractivity contribution in [1.29, 1.82) is 5.26 Å². The Bertz CT molecular complexity index is 377. The number of rotatable bonds is 5. The SMILES string of the molecule is Cc1ccc(C(C)C)c(OCCCC#N)c1. The van der Waals surface area contributed by atoms with Gasteiger partial charge in [0.25, 0.3) is 0 Å². The summed E-state index contributed by atoms with van der Waals surface area (Å²) in [7, 11) is 0. The minimum absolute atomic E-state index is 0.464. The van der Waals surface area contributed by atoms with Crippen LogP contribution in [0.25, 0.3) is 0 Å². The van der Waals surface area contributed by atoms with Gasteiger partial charge in [-0.3, -0.25) is 0 Å². The van der Waals surface area contributed by atoms with Gasteiger partial charge in [0.1, 0.15) is 5.75 Å². The molecule has 0 saturated carbocycles. The summed E-state index contributed by atoms with van der Waals surface area (Å²) in [4.78, 5) is 0. The molecule has 1 rings (SSSR count). The van der Waals surface area contributed by atoms with Gasteiger partial charge in [0, 0.05) is 6.42 Å². The second-order valence-electron chi connectivity index (χ2n) is 4.31. The van der Waals surface area contributed by atoms with E-state index in [2.05, 4.69) is 45.0 Å². The Balaban J connectivity index is 2.69. The molecule has 0 aliphatic rings. The number of unbranched alkanes of at least 4 members (excludes halogenated alkanes) is 1. The summed E-state index contributed by atoms with van der Waals surface area (Å²) in [6.07, 6.45) is 1.35. The number of ether oxygens (including phenoxy) is 1. The maximum Gasteiger partial charge on any atom is 0.122 e. The first kappa shape index (κ1) is 12.6. The van der Waals surface area contributed by atoms with Gasteiger partial charge in [-0.05, 0) is 36.5 Å². The molecule has 1 aromatic rings. The van der Waals surface area contributed by atoms with Gasteiger partial charge in [-0.2, -0.15) is 5.26 Å². The van der Waals surface area contributed by atoms with E-state index in [0.29, 0.717) is 18.9 Å². The van der Waals surface area contributed by atoms with Crippen molar-refractivity contribution in [3.8, 4) is 11.8 Å². The molecular weight excluding hydrogens is 198 g/mol. The van der Waals surface area contributed by atoms with Crippen LogP contribution in [-0.2, 0) is 0 Å². The van der Waals surface area contributed by atoms with Crippen molar-refractivity contribution < 1.29 is 4.74 Å². The summed E-state index contributed by atoms with van der Waals surface area (Å²) in [6, 6.07) is 8.43. The number of hydrogen-bond donors (Lipinski definition) is 0. The minimum atomic E-state index is 0.464. The molecule has 2 heteroatoms. The van der Waals surface area contributed by atoms with E-state index in [4.69, 9.17) is 10.00 Å². The van der Waals surface area contributed by atoms with Crippen LogP contribution in [0.5, 0.6) is 5.75 Å². The molecule has 0 heterocycles. The maximum atomic E-state index is 8.44. The lowest BCUT2D eigenvalue weighted by Gasteiger charge is -2.14. The average Bonchev–Trinajstić information content (AvgIpc) is 2.24. The summed E-state index contributed by atoms with van der Waals surface area (Å²) in [5.41, 5.74) is 2.45. The number of nitriles is 1. The molecule has 0 radical (unpaired) electrons. The number of hydrogen-bond acceptors (Lipinski definition) is 2. The van der Waals surface area contributed by atoms with Crippen molar-refractivity contribution >= 4 is 0 Å². The van der Waals surface area contributed by atoms with Crippen LogP contribution in [0.3, 0.4) is 0 Å². The summed E-state index contributed by atoms with van der Waals surface area (Å²) < 4.78 is 5.73. The molecule has 0 saturated heterocycles. The van der Waals surface area contributed by atoms with Crippen molar-refractivity contribution in [3.63, 3.8) is 0 Å². The van der Waals surface area contributed by atoms with Gasteiger partial charge < -0.3 is 4.74 Å². The highest BCUT2D eigenvalue weighted by atomic mass is 16.5. The van der Waals surface area contributed by atoms with Crippen LogP contribution in [0.15, 0.2) is 18.2 Å². The van der Waals surface area contributed by atoms with Crippen LogP contribution < -0.4 is 4.74 Å². The maximum absolute atomic E-state index is 8.44. The Hall–Kier alpha value is -1.49. The van der Waals surface area contributed by atoms with Gasteiger partial charge in [0.05, 0.1) is 12.7 Å². The molecular formula is C14H19NO. The van der Waals surface area contributed by atoms with Crippen molar-refractivity contribution in [3.05, 3.63) is 29.3 Å². The highest BCUT2D eigenvalue weighted by Gasteiger charge is 2.07. The largest absolute Gasteiger partial charge is 0.493 e. The fourth-order valence-corrected chi connectivity index (χ4v) is 1.58. The normalized spacial score (nSPS) is 10.2. The molecule has 0 unspecified atom stereocenters. The lowest BCUT2D eigenvalue weighted by molar-refractivity contribution is 0.308. The van der Waals surface area contributed by atoms with Gasteiger partial charge in [-0.15, -0.1) is 0 Å². The zero-order valence-corrected chi connectivity index (χ0v) is 10.3. The average molecular weight is 217 g/mol. The second-order valence-corrected chi connectivity index (χ2v) is 4.31. The van der Waals surface area contributed by atoms with E-state index in [9.17, 15) is 0 Å². The van der Waals surface area contributed by atoms with E-state index in [1.54, 1.807) is 0 Å². The number of benzene rings is 1. The quantitative estimate of drug-likeness (QED) is 0.703. The van der Waals surface area contributed by atoms with Gasteiger partial charge in [0.2, 0.25) is 0 Å². The Kier molecular flexibility index (Phi) is 4.85. The van der Waals surface area contributed by atoms with Gasteiger partial charge in [0.15, 0.2) is 0 Å². The molecule has 86 valence electrons. The first-order valence-corrected chi connectivity index (χ1v) is 5.75. The fourth-order valence-electron chi connectivity index (χ4n) is 1.58. The van der Waals surface area contributed by atoms with Gasteiger partial charge in [-0.25, -0.2) is 0 Å². The Morgan fingerprint density at radius 1 is 1.38 bits per heavy atom. The standard InChI is InChI=1S/C14H19NO/c1-11(2)13-7-6-12(3)10-14(13)16-9-5-4-8-15/h6-7,10-11H,4-5,9H2,1-3H3. The topological polar surface area (TPSA) is 33.0 Å². The van der Waals surface area contributed by atoms with Crippen LogP contribution in [0.1, 0.15) is 43.7 Å². The molecule has 0 aliphatic carbocycles. The monoisotopic (exact) mass is 217 g/mol. The first-order valence-electron chi connectivity index (χ1n) is 5.75. The van der Waals surface area contributed by atoms with Crippen LogP contribution in [-0.4, -0.2) is 6.61 Å². The highest BCUT2D eigenvalue weighted by molar-refractivity contribution is 5.39. The van der Waals surface area contributed by atoms with E-state index >= 15 is 0 Å². The van der Waals surface area contributed by atoms with Crippen LogP contribution in [0.2, 0.25) is 0 Å². The summed E-state index contributed by atoms with van der Waals surface area (Å²) in [5.74, 6) is 1.43. The molecule has 0 spiro atoms. The lowest BCUT2D eigenvalue weighted by atomic mass is 10.0. The Morgan fingerprint density at radius 2 is 2.12 bits per heavy atom. The third-order valence-electron chi connectivity index (χ3n) is 2.48. The first-order chi connectivity index (χ1) is 7.65. The number of aryl methyl sites for hydroxylation is 1. The summed E-state index contributed by atoms with van der Waals surface area (Å²) >= 11 is 0. The van der Waals surface area contributed by atoms with Crippen molar-refractivity contribution in [2.75, 3.05) is 6.61 Å². The van der Waals surface area contributed by atoms with Crippen molar-refractivity contribution in [2.45, 2.75) is 39.5 Å². The van der Waals surface area contributed by atoms with Gasteiger partial charge >= 0.3 is 0 Å². The summed E-state index contributed by atoms with van der Waals surface area (Å²) in [5, 5.41) is 8.44. The van der Waals surface area contributed by atoms with Crippen LogP contribution >= 0.6 is 0 Å². The molecule has 16 heavy (non-hydrogen) atoms. The Morgan fingerprint density at radius 3 is 2.75 bits per heavy atom. The van der Waals surface area contributed by atoms with E-state index < -0.39 is 0 Å². The van der Waals surface area contributed by atoms with Crippen molar-refractivity contribution in [2.24, 2.45) is 0 Å². The zero-order valence-electron chi connectivity index (χ0n) is 10.3. The molecule has 0 atom stereocenters. The lowest BCUT2D eigenvalue weighted by Crippen LogP contribution is -2.01. The molecule has 0 aromatic heterocycles. The fraction of sp³-hybridized carbons (Fsp3) is 0.500. The predicted octanol–water partition coefficient (Wildman–Crippen LogP) is 3.80. The van der Waals surface area contributed by atoms with Gasteiger partial charge in [-0.1, -0.05) is 26.0 Å². The molecule has 1 aromatic carbocycles. The van der Waals surface area contributed by atoms with Crippen LogP contribution in [0, 0.1) is 18.3 Å². The molecule has 0 bridgehead atoms. The van der Waals surface area contributed by atoms with E-state index in [1.807, 2.05) is 0 Å². The third kappa shape index (κ3) is 3.58. The van der Waals surface area contributed by atoms with E-state index in [0.717, 1.165) is 12.2 Å². The predicted molar refractivity (Wildman–Crippen MR) is 65.6 cm³/mol. The highest BCUT2D eigenvalue weighted by Crippen LogP contribution is 2.27. The number of nitrogens with zero attached hydrogens (tertiary/aromatic N) is 1. The van der Waals surface area contributed by atoms with Crippen LogP contribution in [0.4, 0.5) is 0 Å². The molecule has 0 aliphatic heterocycles. The zero-order chi connectivity index (χ0) is 12.0. The smallest absolute Gasteiger partial charge is 0.122 e. The molecule has 0 fully saturated rings. The van der Waals surface area contributed by atoms with Crippen molar-refractivity contribution in [1.82, 2.24) is 0 Å². The molecule has 0 N–H and O–H groups in total. The Labute approximate surface area is 97.9 Å². The second kappa shape index (κ2) is 6.17. The molecule has 2 nitrogen and oxygen atoms in total. The third-order valence-corrected chi connectivity index (χ3v) is 2.48. The molecule has 0 amide bonds.